The summed E-state index contributed by atoms with van der Waals surface area (Å²) >= 11 is 0. The lowest BCUT2D eigenvalue weighted by Gasteiger charge is -2.37. The van der Waals surface area contributed by atoms with E-state index < -0.39 is 0 Å². The number of halogens is 1. The van der Waals surface area contributed by atoms with Gasteiger partial charge in [0.15, 0.2) is 6.54 Å². The van der Waals surface area contributed by atoms with Crippen LogP contribution >= 0.6 is 0 Å². The number of likely N-dealkylation sites (N-methyl/N-ethyl adjacent to an activating group) is 1. The van der Waals surface area contributed by atoms with Crippen molar-refractivity contribution in [2.45, 2.75) is 6.92 Å². The number of carbonyl (C=O) groups excluding carboxylic acids is 2. The van der Waals surface area contributed by atoms with Crippen molar-refractivity contribution in [2.75, 3.05) is 57.5 Å². The fourth-order valence-corrected chi connectivity index (χ4v) is 2.75. The summed E-state index contributed by atoms with van der Waals surface area (Å²) in [7, 11) is 3.50. The summed E-state index contributed by atoms with van der Waals surface area (Å²) in [4.78, 5) is 23.5. The van der Waals surface area contributed by atoms with Crippen LogP contribution in [0, 0.1) is 0 Å². The molecule has 0 atom stereocenters. The number of phenols is 1. The van der Waals surface area contributed by atoms with Crippen molar-refractivity contribution in [3.8, 4) is 11.5 Å². The first-order valence-electron chi connectivity index (χ1n) is 7.86. The molecule has 8 nitrogen and oxygen atoms in total. The summed E-state index contributed by atoms with van der Waals surface area (Å²) in [6.45, 7) is 5.22. The van der Waals surface area contributed by atoms with Crippen LogP contribution in [0.25, 0.3) is 0 Å². The Morgan fingerprint density at radius 2 is 1.88 bits per heavy atom. The molecule has 9 heteroatoms. The number of nitrogens with zero attached hydrogens (tertiary/aromatic N) is 1. The van der Waals surface area contributed by atoms with Gasteiger partial charge in [0, 0.05) is 32.1 Å². The second kappa shape index (κ2) is 8.89. The number of piperazine rings is 1. The van der Waals surface area contributed by atoms with Gasteiger partial charge in [-0.25, -0.2) is 0 Å². The van der Waals surface area contributed by atoms with Crippen molar-refractivity contribution in [1.29, 1.82) is 0 Å². The molecule has 1 heterocycles. The third-order valence-corrected chi connectivity index (χ3v) is 4.08. The lowest BCUT2D eigenvalue weighted by atomic mass is 10.2. The van der Waals surface area contributed by atoms with Gasteiger partial charge >= 0.3 is 0 Å². The monoisotopic (exact) mass is 372 g/mol. The first-order chi connectivity index (χ1) is 11.3. The van der Waals surface area contributed by atoms with Crippen molar-refractivity contribution in [3.05, 3.63) is 12.1 Å². The number of amides is 2. The minimum atomic E-state index is -0.277. The van der Waals surface area contributed by atoms with Gasteiger partial charge in [-0.1, -0.05) is 0 Å². The molecule has 1 aliphatic heterocycles. The zero-order valence-electron chi connectivity index (χ0n) is 14.7. The molecule has 1 aliphatic rings. The molecule has 2 rings (SSSR count). The number of anilines is 2. The number of aromatic hydroxyl groups is 1. The van der Waals surface area contributed by atoms with Crippen LogP contribution in [-0.4, -0.2) is 68.3 Å². The fourth-order valence-electron chi connectivity index (χ4n) is 2.75. The highest BCUT2D eigenvalue weighted by molar-refractivity contribution is 5.96. The van der Waals surface area contributed by atoms with Crippen molar-refractivity contribution >= 4 is 23.2 Å². The Morgan fingerprint density at radius 1 is 1.24 bits per heavy atom. The topological polar surface area (TPSA) is 99.7 Å². The molecule has 1 aromatic carbocycles. The van der Waals surface area contributed by atoms with E-state index in [1.165, 1.54) is 26.2 Å². The van der Waals surface area contributed by atoms with Crippen LogP contribution < -0.4 is 33.1 Å². The number of hydrogen-bond donors (Lipinski definition) is 4. The van der Waals surface area contributed by atoms with Gasteiger partial charge in [0.25, 0.3) is 5.91 Å². The second-order valence-corrected chi connectivity index (χ2v) is 6.27. The largest absolute Gasteiger partial charge is 1.00 e. The Kier molecular flexibility index (Phi) is 7.47. The lowest BCUT2D eigenvalue weighted by molar-refractivity contribution is -0.903. The maximum atomic E-state index is 12.3. The predicted octanol–water partition coefficient (Wildman–Crippen LogP) is -2.65. The van der Waals surface area contributed by atoms with Crippen LogP contribution in [0.2, 0.25) is 0 Å². The first-order valence-corrected chi connectivity index (χ1v) is 7.86. The summed E-state index contributed by atoms with van der Waals surface area (Å²) in [5.74, 6) is -0.221. The van der Waals surface area contributed by atoms with Crippen LogP contribution in [0.3, 0.4) is 0 Å². The van der Waals surface area contributed by atoms with Crippen molar-refractivity contribution in [2.24, 2.45) is 0 Å². The molecule has 0 aliphatic carbocycles. The summed E-state index contributed by atoms with van der Waals surface area (Å²) in [6, 6.07) is 2.85. The van der Waals surface area contributed by atoms with Crippen LogP contribution in [0.5, 0.6) is 11.5 Å². The van der Waals surface area contributed by atoms with Gasteiger partial charge in [0.1, 0.15) is 11.5 Å². The number of rotatable bonds is 5. The predicted molar refractivity (Wildman–Crippen MR) is 91.2 cm³/mol. The van der Waals surface area contributed by atoms with Gasteiger partial charge in [-0.2, -0.15) is 0 Å². The van der Waals surface area contributed by atoms with Crippen LogP contribution in [0.15, 0.2) is 12.1 Å². The fraction of sp³-hybridized carbons (Fsp3) is 0.500. The molecule has 1 saturated heterocycles. The minimum Gasteiger partial charge on any atom is -1.00 e. The van der Waals surface area contributed by atoms with Gasteiger partial charge < -0.3 is 42.7 Å². The van der Waals surface area contributed by atoms with Crippen molar-refractivity contribution in [1.82, 2.24) is 5.32 Å². The zero-order chi connectivity index (χ0) is 17.7. The van der Waals surface area contributed by atoms with E-state index in [0.717, 1.165) is 26.2 Å². The zero-order valence-corrected chi connectivity index (χ0v) is 15.4. The standard InChI is InChI=1S/C16H24N4O4.ClH/c1-11(21)18-13-8-14(22)12(9-15(13)24-3)19-16(23)10-20(2)6-4-17-5-7-20;/h8-9,17H,4-7,10H2,1-3H3,(H2-,18,19,21,22,23);1H. The molecular formula is C16H25ClN4O4. The number of benzene rings is 1. The second-order valence-electron chi connectivity index (χ2n) is 6.27. The lowest BCUT2D eigenvalue weighted by Crippen LogP contribution is -3.00. The number of hydrogen-bond acceptors (Lipinski definition) is 5. The number of nitrogens with one attached hydrogen (secondary N) is 3. The average molecular weight is 373 g/mol. The Morgan fingerprint density at radius 3 is 2.44 bits per heavy atom. The van der Waals surface area contributed by atoms with E-state index in [9.17, 15) is 14.7 Å². The molecule has 0 saturated carbocycles. The van der Waals surface area contributed by atoms with Gasteiger partial charge in [-0.15, -0.1) is 0 Å². The Bertz CT molecular complexity index is 633. The minimum absolute atomic E-state index is 0. The average Bonchev–Trinajstić information content (AvgIpc) is 2.49. The highest BCUT2D eigenvalue weighted by Gasteiger charge is 2.28. The molecular weight excluding hydrogens is 348 g/mol. The molecule has 4 N–H and O–H groups in total. The number of phenolic OH excluding ortho intramolecular Hbond substituents is 1. The highest BCUT2D eigenvalue weighted by atomic mass is 35.5. The molecule has 2 amide bonds. The van der Waals surface area contributed by atoms with Gasteiger partial charge in [0.2, 0.25) is 5.91 Å². The van der Waals surface area contributed by atoms with Gasteiger partial charge in [0.05, 0.1) is 38.6 Å². The molecule has 1 fully saturated rings. The molecule has 25 heavy (non-hydrogen) atoms. The van der Waals surface area contributed by atoms with Crippen LogP contribution in [0.1, 0.15) is 6.92 Å². The van der Waals surface area contributed by atoms with E-state index in [-0.39, 0.29) is 35.7 Å². The van der Waals surface area contributed by atoms with E-state index in [2.05, 4.69) is 16.0 Å². The third-order valence-electron chi connectivity index (χ3n) is 4.08. The molecule has 0 aromatic heterocycles. The normalized spacial score (nSPS) is 15.6. The molecule has 0 radical (unpaired) electrons. The van der Waals surface area contributed by atoms with E-state index in [0.29, 0.717) is 22.5 Å². The van der Waals surface area contributed by atoms with Gasteiger partial charge in [-0.05, 0) is 0 Å². The highest BCUT2D eigenvalue weighted by Crippen LogP contribution is 2.35. The molecule has 0 spiro atoms. The molecule has 1 aromatic rings. The van der Waals surface area contributed by atoms with E-state index in [4.69, 9.17) is 4.74 Å². The molecule has 0 bridgehead atoms. The van der Waals surface area contributed by atoms with Gasteiger partial charge in [-0.3, -0.25) is 9.59 Å². The SMILES string of the molecule is COc1cc(NC(=O)C[N+]2(C)CCNCC2)c(O)cc1NC(C)=O.[Cl-]. The van der Waals surface area contributed by atoms with Crippen molar-refractivity contribution in [3.63, 3.8) is 0 Å². The Hall–Kier alpha value is -2.03. The summed E-state index contributed by atoms with van der Waals surface area (Å²) in [5, 5.41) is 18.7. The summed E-state index contributed by atoms with van der Waals surface area (Å²) in [5.41, 5.74) is 0.606. The number of carbonyl (C=O) groups is 2. The van der Waals surface area contributed by atoms with E-state index in [1.54, 1.807) is 0 Å². The molecule has 0 unspecified atom stereocenters. The summed E-state index contributed by atoms with van der Waals surface area (Å²) < 4.78 is 5.86. The Labute approximate surface area is 153 Å². The number of ether oxygens (including phenoxy) is 1. The van der Waals surface area contributed by atoms with E-state index >= 15 is 0 Å². The number of quaternary nitrogens is 1. The smallest absolute Gasteiger partial charge is 0.279 e. The van der Waals surface area contributed by atoms with Crippen molar-refractivity contribution < 1.29 is 36.3 Å². The third kappa shape index (κ3) is 5.77. The quantitative estimate of drug-likeness (QED) is 0.334. The first kappa shape index (κ1) is 21.0. The molecule has 140 valence electrons. The van der Waals surface area contributed by atoms with E-state index in [1.807, 2.05) is 7.05 Å². The summed E-state index contributed by atoms with van der Waals surface area (Å²) in [6.07, 6.45) is 0. The Balaban J connectivity index is 0.00000312. The maximum Gasteiger partial charge on any atom is 0.279 e. The maximum absolute atomic E-state index is 12.3. The number of methoxy groups -OCH3 is 1. The van der Waals surface area contributed by atoms with Crippen LogP contribution in [0.4, 0.5) is 11.4 Å². The van der Waals surface area contributed by atoms with Crippen LogP contribution in [-0.2, 0) is 9.59 Å².